The zero-order chi connectivity index (χ0) is 24.0. The lowest BCUT2D eigenvalue weighted by molar-refractivity contribution is 0.0547. The van der Waals surface area contributed by atoms with E-state index in [9.17, 15) is 14.4 Å². The number of hydrogen-bond donors (Lipinski definition) is 1. The summed E-state index contributed by atoms with van der Waals surface area (Å²) in [4.78, 5) is 49.7. The number of esters is 2. The molecule has 0 aliphatic rings. The smallest absolute Gasteiger partial charge is 0.340 e. The van der Waals surface area contributed by atoms with E-state index in [4.69, 9.17) is 9.47 Å². The van der Waals surface area contributed by atoms with Gasteiger partial charge in [0.25, 0.3) is 5.56 Å². The number of thioether (sulfide) groups is 1. The van der Waals surface area contributed by atoms with Crippen LogP contribution >= 0.6 is 11.8 Å². The highest BCUT2D eigenvalue weighted by molar-refractivity contribution is 7.99. The maximum absolute atomic E-state index is 13.2. The highest BCUT2D eigenvalue weighted by Crippen LogP contribution is 2.32. The van der Waals surface area contributed by atoms with Gasteiger partial charge in [0.05, 0.1) is 29.3 Å². The Hall–Kier alpha value is -3.46. The van der Waals surface area contributed by atoms with Crippen molar-refractivity contribution >= 4 is 34.7 Å². The molecular weight excluding hydrogens is 442 g/mol. The second-order valence-corrected chi connectivity index (χ2v) is 8.26. The highest BCUT2D eigenvalue weighted by Gasteiger charge is 2.24. The maximum atomic E-state index is 13.2. The molecule has 172 valence electrons. The van der Waals surface area contributed by atoms with Gasteiger partial charge in [-0.2, -0.15) is 0 Å². The van der Waals surface area contributed by atoms with Gasteiger partial charge in [-0.1, -0.05) is 49.9 Å². The van der Waals surface area contributed by atoms with E-state index in [1.54, 1.807) is 31.2 Å². The Morgan fingerprint density at radius 1 is 1.18 bits per heavy atom. The summed E-state index contributed by atoms with van der Waals surface area (Å²) in [5, 5.41) is 0.652. The van der Waals surface area contributed by atoms with E-state index in [2.05, 4.69) is 28.5 Å². The Kier molecular flexibility index (Phi) is 8.00. The lowest BCUT2D eigenvalue weighted by Crippen LogP contribution is -2.17. The lowest BCUT2D eigenvalue weighted by atomic mass is 9.95. The van der Waals surface area contributed by atoms with Crippen molar-refractivity contribution in [3.63, 3.8) is 0 Å². The molecule has 0 radical (unpaired) electrons. The normalized spacial score (nSPS) is 10.8. The second kappa shape index (κ2) is 10.9. The predicted molar refractivity (Wildman–Crippen MR) is 128 cm³/mol. The summed E-state index contributed by atoms with van der Waals surface area (Å²) in [5.41, 5.74) is 1.61. The number of hydrogen-bond acceptors (Lipinski definition) is 8. The minimum Gasteiger partial charge on any atom is -0.465 e. The van der Waals surface area contributed by atoms with E-state index in [0.717, 1.165) is 18.6 Å². The molecule has 0 aliphatic heterocycles. The van der Waals surface area contributed by atoms with E-state index in [1.807, 2.05) is 0 Å². The van der Waals surface area contributed by atoms with Crippen LogP contribution in [0.4, 0.5) is 0 Å². The van der Waals surface area contributed by atoms with Gasteiger partial charge in [0.15, 0.2) is 10.8 Å². The molecule has 2 heterocycles. The molecule has 0 bridgehead atoms. The summed E-state index contributed by atoms with van der Waals surface area (Å²) in [6, 6.07) is 6.43. The average Bonchev–Trinajstić information content (AvgIpc) is 2.81. The van der Waals surface area contributed by atoms with E-state index < -0.39 is 17.5 Å². The van der Waals surface area contributed by atoms with Gasteiger partial charge >= 0.3 is 11.9 Å². The number of methoxy groups -OCH3 is 1. The quantitative estimate of drug-likeness (QED) is 0.163. The molecule has 1 aromatic carbocycles. The van der Waals surface area contributed by atoms with E-state index in [-0.39, 0.29) is 23.2 Å². The van der Waals surface area contributed by atoms with Crippen molar-refractivity contribution < 1.29 is 19.1 Å². The van der Waals surface area contributed by atoms with Crippen LogP contribution in [-0.2, 0) is 9.47 Å². The van der Waals surface area contributed by atoms with Crippen LogP contribution in [0.2, 0.25) is 0 Å². The SMILES string of the molecule is C=CCOC(=O)c1c(C)nc2nc(SCCCC)[nH]c(=O)c2c1-c1ccc(C(=O)OC)cc1. The molecule has 0 atom stereocenters. The van der Waals surface area contributed by atoms with Gasteiger partial charge in [-0.25, -0.2) is 19.6 Å². The molecule has 0 unspecified atom stereocenters. The van der Waals surface area contributed by atoms with Crippen molar-refractivity contribution in [3.05, 3.63) is 64.1 Å². The second-order valence-electron chi connectivity index (χ2n) is 7.17. The van der Waals surface area contributed by atoms with Gasteiger partial charge in [-0.15, -0.1) is 0 Å². The van der Waals surface area contributed by atoms with E-state index in [1.165, 1.54) is 24.9 Å². The minimum atomic E-state index is -0.630. The number of fused-ring (bicyclic) bond motifs is 1. The lowest BCUT2D eigenvalue weighted by Gasteiger charge is -2.15. The molecule has 33 heavy (non-hydrogen) atoms. The van der Waals surface area contributed by atoms with Crippen LogP contribution in [0.25, 0.3) is 22.2 Å². The summed E-state index contributed by atoms with van der Waals surface area (Å²) in [5.74, 6) is -0.302. The molecule has 0 aliphatic carbocycles. The topological polar surface area (TPSA) is 111 Å². The Morgan fingerprint density at radius 2 is 1.91 bits per heavy atom. The third-order valence-electron chi connectivity index (χ3n) is 4.88. The van der Waals surface area contributed by atoms with Gasteiger partial charge in [0, 0.05) is 11.3 Å². The number of nitrogens with zero attached hydrogens (tertiary/aromatic N) is 2. The van der Waals surface area contributed by atoms with Crippen LogP contribution < -0.4 is 5.56 Å². The minimum absolute atomic E-state index is 0.0125. The number of carbonyl (C=O) groups excluding carboxylic acids is 2. The van der Waals surface area contributed by atoms with Gasteiger partial charge < -0.3 is 14.5 Å². The molecule has 1 N–H and O–H groups in total. The standard InChI is InChI=1S/C24H25N3O5S/c1-5-7-13-33-24-26-20-19(21(28)27-24)18(15-8-10-16(11-9-15)22(29)31-4)17(14(3)25-20)23(30)32-12-6-2/h6,8-11H,2,5,7,12-13H2,1,3-4H3,(H,25,26,27,28). The monoisotopic (exact) mass is 467 g/mol. The van der Waals surface area contributed by atoms with Crippen LogP contribution in [0, 0.1) is 6.92 Å². The van der Waals surface area contributed by atoms with Crippen LogP contribution in [-0.4, -0.2) is 46.4 Å². The molecule has 3 rings (SSSR count). The number of pyridine rings is 1. The number of ether oxygens (including phenoxy) is 2. The number of unbranched alkanes of at least 4 members (excludes halogenated alkanes) is 1. The molecule has 0 amide bonds. The average molecular weight is 468 g/mol. The summed E-state index contributed by atoms with van der Waals surface area (Å²) >= 11 is 1.45. The van der Waals surface area contributed by atoms with Crippen LogP contribution in [0.3, 0.4) is 0 Å². The number of aromatic amines is 1. The maximum Gasteiger partial charge on any atom is 0.340 e. The molecule has 0 saturated carbocycles. The highest BCUT2D eigenvalue weighted by atomic mass is 32.2. The van der Waals surface area contributed by atoms with Gasteiger partial charge in [0.2, 0.25) is 0 Å². The van der Waals surface area contributed by atoms with Crippen molar-refractivity contribution in [1.82, 2.24) is 15.0 Å². The van der Waals surface area contributed by atoms with E-state index in [0.29, 0.717) is 27.5 Å². The Labute approximate surface area is 195 Å². The molecule has 9 heteroatoms. The van der Waals surface area contributed by atoms with Crippen LogP contribution in [0.5, 0.6) is 0 Å². The number of carbonyl (C=O) groups is 2. The summed E-state index contributed by atoms with van der Waals surface area (Å²) in [6.07, 6.45) is 3.48. The number of nitrogens with one attached hydrogen (secondary N) is 1. The van der Waals surface area contributed by atoms with Gasteiger partial charge in [-0.05, 0) is 31.0 Å². The molecule has 3 aromatic rings. The zero-order valence-corrected chi connectivity index (χ0v) is 19.6. The van der Waals surface area contributed by atoms with E-state index >= 15 is 0 Å². The van der Waals surface area contributed by atoms with Crippen molar-refractivity contribution in [1.29, 1.82) is 0 Å². The third kappa shape index (κ3) is 5.31. The number of aromatic nitrogens is 3. The Balaban J connectivity index is 2.25. The molecule has 0 spiro atoms. The molecule has 0 saturated heterocycles. The Bertz CT molecular complexity index is 1250. The van der Waals surface area contributed by atoms with Gasteiger partial charge in [-0.3, -0.25) is 4.79 Å². The van der Waals surface area contributed by atoms with Crippen LogP contribution in [0.15, 0.2) is 46.9 Å². The third-order valence-corrected chi connectivity index (χ3v) is 5.84. The fourth-order valence-corrected chi connectivity index (χ4v) is 4.23. The number of aryl methyl sites for hydroxylation is 1. The number of rotatable bonds is 9. The fourth-order valence-electron chi connectivity index (χ4n) is 3.29. The summed E-state index contributed by atoms with van der Waals surface area (Å²) in [6.45, 7) is 7.34. The number of benzene rings is 1. The first-order chi connectivity index (χ1) is 15.9. The molecule has 0 fully saturated rings. The van der Waals surface area contributed by atoms with Crippen molar-refractivity contribution in [2.75, 3.05) is 19.5 Å². The zero-order valence-electron chi connectivity index (χ0n) is 18.8. The Morgan fingerprint density at radius 3 is 2.55 bits per heavy atom. The first-order valence-corrected chi connectivity index (χ1v) is 11.4. The number of H-pyrrole nitrogens is 1. The van der Waals surface area contributed by atoms with Crippen molar-refractivity contribution in [2.45, 2.75) is 31.8 Å². The predicted octanol–water partition coefficient (Wildman–Crippen LogP) is 4.32. The van der Waals surface area contributed by atoms with Crippen molar-refractivity contribution in [3.8, 4) is 11.1 Å². The largest absolute Gasteiger partial charge is 0.465 e. The molecule has 2 aromatic heterocycles. The van der Waals surface area contributed by atoms with Crippen molar-refractivity contribution in [2.24, 2.45) is 0 Å². The summed E-state index contributed by atoms with van der Waals surface area (Å²) in [7, 11) is 1.30. The summed E-state index contributed by atoms with van der Waals surface area (Å²) < 4.78 is 10.0. The molecular formula is C24H25N3O5S. The van der Waals surface area contributed by atoms with Crippen LogP contribution in [0.1, 0.15) is 46.2 Å². The van der Waals surface area contributed by atoms with Gasteiger partial charge in [0.1, 0.15) is 6.61 Å². The first-order valence-electron chi connectivity index (χ1n) is 10.4. The molecule has 8 nitrogen and oxygen atoms in total. The fraction of sp³-hybridized carbons (Fsp3) is 0.292. The first kappa shape index (κ1) is 24.2.